The maximum Gasteiger partial charge on any atom is 0.239 e. The molecule has 21 heavy (non-hydrogen) atoms. The van der Waals surface area contributed by atoms with Crippen molar-refractivity contribution >= 4 is 11.5 Å². The smallest absolute Gasteiger partial charge is 0.239 e. The summed E-state index contributed by atoms with van der Waals surface area (Å²) < 4.78 is 5.73. The van der Waals surface area contributed by atoms with Gasteiger partial charge in [-0.15, -0.1) is 0 Å². The molecule has 0 aliphatic heterocycles. The average molecular weight is 291 g/mol. The summed E-state index contributed by atoms with van der Waals surface area (Å²) in [6, 6.07) is 4.47. The predicted molar refractivity (Wildman–Crippen MR) is 88.8 cm³/mol. The van der Waals surface area contributed by atoms with Gasteiger partial charge in [-0.1, -0.05) is 33.6 Å². The molecule has 2 rings (SSSR count). The van der Waals surface area contributed by atoms with E-state index in [4.69, 9.17) is 10.5 Å². The van der Waals surface area contributed by atoms with Gasteiger partial charge in [-0.2, -0.15) is 4.98 Å². The van der Waals surface area contributed by atoms with Crippen LogP contribution < -0.4 is 15.4 Å². The fourth-order valence-electron chi connectivity index (χ4n) is 2.94. The molecule has 2 unspecified atom stereocenters. The molecule has 4 heteroatoms. The van der Waals surface area contributed by atoms with Gasteiger partial charge in [0.15, 0.2) is 0 Å². The van der Waals surface area contributed by atoms with Gasteiger partial charge in [0.05, 0.1) is 12.3 Å². The summed E-state index contributed by atoms with van der Waals surface area (Å²) in [5.74, 6) is 2.79. The molecule has 0 amide bonds. The quantitative estimate of drug-likeness (QED) is 0.898. The van der Waals surface area contributed by atoms with E-state index in [-0.39, 0.29) is 0 Å². The lowest BCUT2D eigenvalue weighted by Gasteiger charge is -2.35. The summed E-state index contributed by atoms with van der Waals surface area (Å²) in [6.07, 6.45) is 5.14. The van der Waals surface area contributed by atoms with Crippen LogP contribution in [-0.2, 0) is 0 Å². The Morgan fingerprint density at radius 2 is 2.14 bits per heavy atom. The number of nitrogen functional groups attached to an aromatic ring is 1. The third-order valence-corrected chi connectivity index (χ3v) is 4.25. The van der Waals surface area contributed by atoms with Crippen LogP contribution in [-0.4, -0.2) is 24.7 Å². The van der Waals surface area contributed by atoms with Gasteiger partial charge in [0.1, 0.15) is 5.82 Å². The van der Waals surface area contributed by atoms with Crippen LogP contribution in [0.15, 0.2) is 12.1 Å². The van der Waals surface area contributed by atoms with E-state index in [9.17, 15) is 0 Å². The summed E-state index contributed by atoms with van der Waals surface area (Å²) in [6.45, 7) is 7.23. The first-order valence-electron chi connectivity index (χ1n) is 8.09. The van der Waals surface area contributed by atoms with Gasteiger partial charge in [0, 0.05) is 13.1 Å². The van der Waals surface area contributed by atoms with Crippen LogP contribution in [0, 0.1) is 11.8 Å². The molecule has 1 aliphatic carbocycles. The third kappa shape index (κ3) is 4.26. The van der Waals surface area contributed by atoms with E-state index in [1.165, 1.54) is 25.7 Å². The molecule has 1 aliphatic rings. The number of hydrogen-bond donors (Lipinski definition) is 1. The van der Waals surface area contributed by atoms with Crippen molar-refractivity contribution in [3.05, 3.63) is 12.1 Å². The first-order chi connectivity index (χ1) is 9.97. The Kier molecular flexibility index (Phi) is 5.32. The van der Waals surface area contributed by atoms with Gasteiger partial charge in [-0.25, -0.2) is 0 Å². The van der Waals surface area contributed by atoms with Crippen LogP contribution in [0.25, 0.3) is 0 Å². The lowest BCUT2D eigenvalue weighted by atomic mass is 9.86. The molecule has 1 aromatic rings. The van der Waals surface area contributed by atoms with Crippen molar-refractivity contribution in [3.8, 4) is 5.88 Å². The zero-order valence-electron chi connectivity index (χ0n) is 13.8. The van der Waals surface area contributed by atoms with Gasteiger partial charge in [0.25, 0.3) is 0 Å². The van der Waals surface area contributed by atoms with Gasteiger partial charge in [-0.05, 0) is 36.8 Å². The van der Waals surface area contributed by atoms with E-state index in [1.54, 1.807) is 0 Å². The molecule has 118 valence electrons. The molecule has 0 radical (unpaired) electrons. The second-order valence-electron chi connectivity index (χ2n) is 6.81. The highest BCUT2D eigenvalue weighted by Crippen LogP contribution is 2.30. The van der Waals surface area contributed by atoms with Crippen LogP contribution in [0.3, 0.4) is 0 Å². The average Bonchev–Trinajstić information content (AvgIpc) is 2.45. The fourth-order valence-corrected chi connectivity index (χ4v) is 2.94. The molecule has 4 nitrogen and oxygen atoms in total. The minimum atomic E-state index is 0.465. The summed E-state index contributed by atoms with van der Waals surface area (Å²) in [5.41, 5.74) is 6.59. The molecule has 1 aromatic heterocycles. The van der Waals surface area contributed by atoms with Crippen LogP contribution in [0.4, 0.5) is 11.5 Å². The van der Waals surface area contributed by atoms with Crippen molar-refractivity contribution in [1.29, 1.82) is 0 Å². The number of nitrogens with zero attached hydrogens (tertiary/aromatic N) is 2. The van der Waals surface area contributed by atoms with Crippen molar-refractivity contribution < 1.29 is 4.74 Å². The zero-order chi connectivity index (χ0) is 15.4. The largest absolute Gasteiger partial charge is 0.476 e. The molecule has 0 saturated heterocycles. The maximum absolute atomic E-state index is 5.97. The second-order valence-corrected chi connectivity index (χ2v) is 6.81. The van der Waals surface area contributed by atoms with Crippen LogP contribution >= 0.6 is 0 Å². The van der Waals surface area contributed by atoms with E-state index in [2.05, 4.69) is 37.7 Å². The predicted octanol–water partition coefficient (Wildman–Crippen LogP) is 3.71. The SMILES string of the molecule is CC(C)COc1nc(N(C)C2CCCC(C)C2)ccc1N. The number of hydrogen-bond acceptors (Lipinski definition) is 4. The van der Waals surface area contributed by atoms with Gasteiger partial charge >= 0.3 is 0 Å². The summed E-state index contributed by atoms with van der Waals surface area (Å²) >= 11 is 0. The molecule has 1 fully saturated rings. The number of pyridine rings is 1. The lowest BCUT2D eigenvalue weighted by Crippen LogP contribution is -2.36. The highest BCUT2D eigenvalue weighted by Gasteiger charge is 2.23. The molecular formula is C17H29N3O. The maximum atomic E-state index is 5.97. The first-order valence-corrected chi connectivity index (χ1v) is 8.09. The minimum absolute atomic E-state index is 0.465. The van der Waals surface area contributed by atoms with Crippen molar-refractivity contribution in [2.45, 2.75) is 52.5 Å². The number of ether oxygens (including phenoxy) is 1. The molecule has 2 atom stereocenters. The molecule has 1 heterocycles. The third-order valence-electron chi connectivity index (χ3n) is 4.25. The molecule has 2 N–H and O–H groups in total. The highest BCUT2D eigenvalue weighted by atomic mass is 16.5. The Labute approximate surface area is 128 Å². The topological polar surface area (TPSA) is 51.4 Å². The van der Waals surface area contributed by atoms with E-state index in [0.29, 0.717) is 30.1 Å². The standard InChI is InChI=1S/C17H29N3O/c1-12(2)11-21-17-15(18)8-9-16(19-17)20(4)14-7-5-6-13(3)10-14/h8-9,12-14H,5-7,10-11,18H2,1-4H3. The minimum Gasteiger partial charge on any atom is -0.476 e. The number of nitrogens with two attached hydrogens (primary N) is 1. The summed E-state index contributed by atoms with van der Waals surface area (Å²) in [5, 5.41) is 0. The molecule has 1 saturated carbocycles. The monoisotopic (exact) mass is 291 g/mol. The van der Waals surface area contributed by atoms with Crippen molar-refractivity contribution in [2.24, 2.45) is 11.8 Å². The Balaban J connectivity index is 2.09. The first kappa shape index (κ1) is 15.9. The van der Waals surface area contributed by atoms with E-state index >= 15 is 0 Å². The highest BCUT2D eigenvalue weighted by molar-refractivity contribution is 5.54. The molecule has 0 spiro atoms. The van der Waals surface area contributed by atoms with E-state index < -0.39 is 0 Å². The van der Waals surface area contributed by atoms with Gasteiger partial charge in [0.2, 0.25) is 5.88 Å². The van der Waals surface area contributed by atoms with Crippen LogP contribution in [0.2, 0.25) is 0 Å². The Morgan fingerprint density at radius 1 is 1.38 bits per heavy atom. The van der Waals surface area contributed by atoms with Crippen LogP contribution in [0.5, 0.6) is 5.88 Å². The van der Waals surface area contributed by atoms with E-state index in [1.807, 2.05) is 12.1 Å². The van der Waals surface area contributed by atoms with E-state index in [0.717, 1.165) is 11.7 Å². The van der Waals surface area contributed by atoms with Gasteiger partial charge < -0.3 is 15.4 Å². The normalized spacial score (nSPS) is 22.3. The Morgan fingerprint density at radius 3 is 2.81 bits per heavy atom. The van der Waals surface area contributed by atoms with Gasteiger partial charge in [-0.3, -0.25) is 0 Å². The van der Waals surface area contributed by atoms with Crippen LogP contribution in [0.1, 0.15) is 46.5 Å². The zero-order valence-corrected chi connectivity index (χ0v) is 13.8. The molecule has 0 bridgehead atoms. The van der Waals surface area contributed by atoms with Crippen molar-refractivity contribution in [3.63, 3.8) is 0 Å². The number of anilines is 2. The summed E-state index contributed by atoms with van der Waals surface area (Å²) in [7, 11) is 2.13. The Hall–Kier alpha value is -1.45. The lowest BCUT2D eigenvalue weighted by molar-refractivity contribution is 0.262. The Bertz CT molecular complexity index is 461. The number of rotatable bonds is 5. The van der Waals surface area contributed by atoms with Crippen molar-refractivity contribution in [1.82, 2.24) is 4.98 Å². The second kappa shape index (κ2) is 7.01. The summed E-state index contributed by atoms with van der Waals surface area (Å²) in [4.78, 5) is 6.91. The fraction of sp³-hybridized carbons (Fsp3) is 0.706. The number of aromatic nitrogens is 1. The molecular weight excluding hydrogens is 262 g/mol. The molecule has 0 aromatic carbocycles. The van der Waals surface area contributed by atoms with Crippen molar-refractivity contribution in [2.75, 3.05) is 24.3 Å².